The van der Waals surface area contributed by atoms with Crippen molar-refractivity contribution in [2.24, 2.45) is 0 Å². The molecule has 12 heavy (non-hydrogen) atoms. The maximum Gasteiger partial charge on any atom is 0.327 e. The second kappa shape index (κ2) is 5.16. The van der Waals surface area contributed by atoms with Gasteiger partial charge in [0, 0.05) is 0 Å². The van der Waals surface area contributed by atoms with Crippen LogP contribution in [0.3, 0.4) is 0 Å². The predicted molar refractivity (Wildman–Crippen MR) is 46.2 cm³/mol. The minimum Gasteiger partial charge on any atom is -0.482 e. The Hall–Kier alpha value is -0.550. The zero-order chi connectivity index (χ0) is 9.61. The summed E-state index contributed by atoms with van der Waals surface area (Å²) in [5.41, 5.74) is 0. The molecule has 0 aliphatic rings. The summed E-state index contributed by atoms with van der Waals surface area (Å²) in [6.45, 7) is 5.37. The summed E-state index contributed by atoms with van der Waals surface area (Å²) in [4.78, 5) is 0. The van der Waals surface area contributed by atoms with E-state index >= 15 is 0 Å². The van der Waals surface area contributed by atoms with Gasteiger partial charge in [0.05, 0.1) is 6.61 Å². The van der Waals surface area contributed by atoms with Crippen LogP contribution in [0.1, 0.15) is 26.2 Å². The highest BCUT2D eigenvalue weighted by atomic mass is 32.2. The van der Waals surface area contributed by atoms with E-state index in [1.165, 1.54) is 0 Å². The summed E-state index contributed by atoms with van der Waals surface area (Å²) in [6.07, 6.45) is 2.77. The quantitative estimate of drug-likeness (QED) is 0.396. The van der Waals surface area contributed by atoms with Gasteiger partial charge in [-0.05, 0) is 13.0 Å². The van der Waals surface area contributed by atoms with E-state index in [-0.39, 0.29) is 6.61 Å². The lowest BCUT2D eigenvalue weighted by Gasteiger charge is -2.04. The number of hydrogen-bond donors (Lipinski definition) is 1. The highest BCUT2D eigenvalue weighted by Crippen LogP contribution is 2.04. The summed E-state index contributed by atoms with van der Waals surface area (Å²) < 4.78 is 33.7. The zero-order valence-electron chi connectivity index (χ0n) is 7.12. The van der Waals surface area contributed by atoms with Crippen LogP contribution in [0.25, 0.3) is 0 Å². The Morgan fingerprint density at radius 1 is 1.50 bits per heavy atom. The van der Waals surface area contributed by atoms with Crippen LogP contribution < -0.4 is 0 Å². The maximum atomic E-state index is 10.3. The van der Waals surface area contributed by atoms with Crippen molar-refractivity contribution in [2.45, 2.75) is 26.2 Å². The Balaban J connectivity index is 3.60. The minimum atomic E-state index is -4.21. The molecule has 0 aliphatic heterocycles. The summed E-state index contributed by atoms with van der Waals surface area (Å²) >= 11 is 0. The van der Waals surface area contributed by atoms with Crippen LogP contribution in [-0.2, 0) is 14.9 Å². The molecule has 0 unspecified atom stereocenters. The minimum absolute atomic E-state index is 0.284. The lowest BCUT2D eigenvalue weighted by molar-refractivity contribution is 0.223. The molecular formula is C7H14O4S. The topological polar surface area (TPSA) is 63.6 Å². The van der Waals surface area contributed by atoms with Crippen molar-refractivity contribution in [3.63, 3.8) is 0 Å². The predicted octanol–water partition coefficient (Wildman–Crippen LogP) is 1.55. The molecule has 4 nitrogen and oxygen atoms in total. The fourth-order valence-electron chi connectivity index (χ4n) is 0.613. The molecule has 72 valence electrons. The highest BCUT2D eigenvalue weighted by molar-refractivity contribution is 7.89. The van der Waals surface area contributed by atoms with Crippen LogP contribution in [0.2, 0.25) is 0 Å². The molecule has 0 fully saturated rings. The third-order valence-corrected chi connectivity index (χ3v) is 1.99. The van der Waals surface area contributed by atoms with Gasteiger partial charge in [-0.15, -0.1) is 0 Å². The molecule has 1 N–H and O–H groups in total. The molecule has 0 spiro atoms. The van der Waals surface area contributed by atoms with Crippen LogP contribution in [-0.4, -0.2) is 19.6 Å². The average molecular weight is 194 g/mol. The number of hydrogen-bond acceptors (Lipinski definition) is 3. The van der Waals surface area contributed by atoms with E-state index in [2.05, 4.69) is 11.3 Å². The maximum absolute atomic E-state index is 10.3. The van der Waals surface area contributed by atoms with Gasteiger partial charge in [0.25, 0.3) is 0 Å². The molecule has 0 atom stereocenters. The van der Waals surface area contributed by atoms with Gasteiger partial charge in [0.1, 0.15) is 0 Å². The molecule has 0 saturated heterocycles. The molecule has 0 aromatic rings. The fourth-order valence-corrected chi connectivity index (χ4v) is 0.845. The van der Waals surface area contributed by atoms with Crippen molar-refractivity contribution in [1.82, 2.24) is 0 Å². The van der Waals surface area contributed by atoms with Gasteiger partial charge in [-0.3, -0.25) is 4.55 Å². The van der Waals surface area contributed by atoms with Crippen molar-refractivity contribution in [2.75, 3.05) is 6.61 Å². The van der Waals surface area contributed by atoms with Crippen LogP contribution in [0.4, 0.5) is 0 Å². The first-order valence-corrected chi connectivity index (χ1v) is 5.21. The van der Waals surface area contributed by atoms with E-state index in [1.54, 1.807) is 0 Å². The average Bonchev–Trinajstić information content (AvgIpc) is 1.96. The molecule has 5 heteroatoms. The first-order chi connectivity index (χ1) is 5.48. The summed E-state index contributed by atoms with van der Waals surface area (Å²) in [6, 6.07) is 0. The molecule has 0 aromatic heterocycles. The van der Waals surface area contributed by atoms with Crippen molar-refractivity contribution in [3.05, 3.63) is 11.7 Å². The lowest BCUT2D eigenvalue weighted by atomic mass is 10.3. The van der Waals surface area contributed by atoms with E-state index in [4.69, 9.17) is 4.55 Å². The van der Waals surface area contributed by atoms with Crippen molar-refractivity contribution >= 4 is 10.1 Å². The van der Waals surface area contributed by atoms with E-state index < -0.39 is 15.2 Å². The molecule has 0 aromatic carbocycles. The van der Waals surface area contributed by atoms with Gasteiger partial charge in [0.2, 0.25) is 5.09 Å². The van der Waals surface area contributed by atoms with Crippen LogP contribution in [0.15, 0.2) is 11.7 Å². The van der Waals surface area contributed by atoms with Gasteiger partial charge in [-0.1, -0.05) is 19.8 Å². The lowest BCUT2D eigenvalue weighted by Crippen LogP contribution is -2.05. The molecule has 0 amide bonds. The van der Waals surface area contributed by atoms with Crippen LogP contribution in [0, 0.1) is 0 Å². The second-order valence-electron chi connectivity index (χ2n) is 2.40. The van der Waals surface area contributed by atoms with Gasteiger partial charge in [0.15, 0.2) is 0 Å². The summed E-state index contributed by atoms with van der Waals surface area (Å²) in [5.74, 6) is 0. The van der Waals surface area contributed by atoms with Crippen molar-refractivity contribution in [3.8, 4) is 0 Å². The van der Waals surface area contributed by atoms with E-state index in [9.17, 15) is 8.42 Å². The monoisotopic (exact) mass is 194 g/mol. The largest absolute Gasteiger partial charge is 0.482 e. The Bertz CT molecular complexity index is 230. The number of unbranched alkanes of at least 4 members (excludes halogenated alkanes) is 2. The van der Waals surface area contributed by atoms with Crippen LogP contribution >= 0.6 is 0 Å². The molecular weight excluding hydrogens is 180 g/mol. The molecule has 0 saturated carbocycles. The highest BCUT2D eigenvalue weighted by Gasteiger charge is 2.11. The smallest absolute Gasteiger partial charge is 0.327 e. The molecule has 0 rings (SSSR count). The fraction of sp³-hybridized carbons (Fsp3) is 0.714. The molecule has 0 heterocycles. The van der Waals surface area contributed by atoms with E-state index in [0.29, 0.717) is 0 Å². The first kappa shape index (κ1) is 11.4. The van der Waals surface area contributed by atoms with Gasteiger partial charge < -0.3 is 4.74 Å². The van der Waals surface area contributed by atoms with Gasteiger partial charge >= 0.3 is 10.1 Å². The molecule has 0 aliphatic carbocycles. The van der Waals surface area contributed by atoms with E-state index in [0.717, 1.165) is 19.3 Å². The molecule has 0 radical (unpaired) electrons. The normalized spacial score (nSPS) is 11.2. The Morgan fingerprint density at radius 2 is 2.08 bits per heavy atom. The zero-order valence-corrected chi connectivity index (χ0v) is 7.93. The number of rotatable bonds is 6. The summed E-state index contributed by atoms with van der Waals surface area (Å²) in [5, 5.41) is -0.571. The SMILES string of the molecule is C=C(OCCCCC)S(=O)(=O)O. The Morgan fingerprint density at radius 3 is 2.50 bits per heavy atom. The number of ether oxygens (including phenoxy) is 1. The van der Waals surface area contributed by atoms with Crippen molar-refractivity contribution < 1.29 is 17.7 Å². The molecule has 0 bridgehead atoms. The summed E-state index contributed by atoms with van der Waals surface area (Å²) in [7, 11) is -4.21. The Kier molecular flexibility index (Phi) is 4.92. The third kappa shape index (κ3) is 5.15. The van der Waals surface area contributed by atoms with Gasteiger partial charge in [-0.2, -0.15) is 8.42 Å². The second-order valence-corrected chi connectivity index (χ2v) is 3.81. The van der Waals surface area contributed by atoms with Gasteiger partial charge in [-0.25, -0.2) is 0 Å². The third-order valence-electron chi connectivity index (χ3n) is 1.30. The van der Waals surface area contributed by atoms with E-state index in [1.807, 2.05) is 6.92 Å². The van der Waals surface area contributed by atoms with Crippen LogP contribution in [0.5, 0.6) is 0 Å². The Labute approximate surface area is 73.0 Å². The van der Waals surface area contributed by atoms with Crippen molar-refractivity contribution in [1.29, 1.82) is 0 Å². The first-order valence-electron chi connectivity index (χ1n) is 3.77. The standard InChI is InChI=1S/C7H14O4S/c1-3-4-5-6-11-7(2)12(8,9)10/h2-6H2,1H3,(H,8,9,10).